The third-order valence-corrected chi connectivity index (χ3v) is 10.5. The van der Waals surface area contributed by atoms with Gasteiger partial charge in [0.25, 0.3) is 0 Å². The molecule has 2 saturated heterocycles. The first-order valence-electron chi connectivity index (χ1n) is 17.3. The summed E-state index contributed by atoms with van der Waals surface area (Å²) in [5.41, 5.74) is -0.434. The minimum Gasteiger partial charge on any atom is -0.497 e. The van der Waals surface area contributed by atoms with Crippen LogP contribution in [0.15, 0.2) is 35.7 Å². The van der Waals surface area contributed by atoms with Gasteiger partial charge in [-0.15, -0.1) is 11.3 Å². The Morgan fingerprint density at radius 1 is 1.06 bits per heavy atom. The average molecular weight is 708 g/mol. The fraction of sp³-hybridized carbons (Fsp3) is 0.556. The van der Waals surface area contributed by atoms with Gasteiger partial charge in [0.15, 0.2) is 0 Å². The van der Waals surface area contributed by atoms with E-state index in [1.54, 1.807) is 40.0 Å². The number of aliphatic carboxylic acids is 1. The van der Waals surface area contributed by atoms with E-state index in [0.717, 1.165) is 30.6 Å². The highest BCUT2D eigenvalue weighted by Crippen LogP contribution is 2.47. The summed E-state index contributed by atoms with van der Waals surface area (Å²) in [6.07, 6.45) is 4.28. The van der Waals surface area contributed by atoms with Crippen molar-refractivity contribution in [2.45, 2.75) is 108 Å². The van der Waals surface area contributed by atoms with Gasteiger partial charge >= 0.3 is 12.1 Å². The van der Waals surface area contributed by atoms with Crippen molar-refractivity contribution in [2.75, 3.05) is 13.7 Å². The topological polar surface area (TPSA) is 169 Å². The molecule has 0 bridgehead atoms. The zero-order valence-electron chi connectivity index (χ0n) is 28.9. The number of carbonyl (C=O) groups excluding carboxylic acids is 3. The smallest absolute Gasteiger partial charge is 0.408 e. The number of methoxy groups -OCH3 is 1. The van der Waals surface area contributed by atoms with Gasteiger partial charge in [-0.05, 0) is 69.5 Å². The van der Waals surface area contributed by atoms with Gasteiger partial charge in [-0.2, -0.15) is 0 Å². The standard InChI is InChI=1S/C36H45N5O8S/c1-35(2,3)49-34(46)39-25-12-9-7-5-6-8-11-21-19-36(21,33(44)45)40-30(42)27-18-23(20-41(27)32(25)43)48-31-29(28-13-10-16-50-28)37-24-15-14-22(47-4)17-26(24)38-31/h10,13-17,21,23,25,27H,5-9,11-12,18-20H2,1-4H3,(H,39,46)(H,40,42)(H,44,45)/t21?,23-,25+,27+,36?/m1/s1. The van der Waals surface area contributed by atoms with Crippen molar-refractivity contribution in [3.05, 3.63) is 35.7 Å². The number of carboxylic acids is 1. The number of carboxylic acid groups (broad SMARTS) is 1. The second kappa shape index (κ2) is 14.4. The van der Waals surface area contributed by atoms with Crippen LogP contribution in [0.3, 0.4) is 0 Å². The molecule has 13 nitrogen and oxygen atoms in total. The van der Waals surface area contributed by atoms with Crippen molar-refractivity contribution in [1.82, 2.24) is 25.5 Å². The van der Waals surface area contributed by atoms with E-state index < -0.39 is 53.2 Å². The van der Waals surface area contributed by atoms with Crippen LogP contribution in [0.5, 0.6) is 11.6 Å². The Labute approximate surface area is 295 Å². The molecule has 0 radical (unpaired) electrons. The van der Waals surface area contributed by atoms with Crippen molar-refractivity contribution < 1.29 is 38.5 Å². The molecule has 1 aliphatic carbocycles. The number of amides is 3. The molecule has 3 amide bonds. The van der Waals surface area contributed by atoms with Crippen LogP contribution in [0.2, 0.25) is 0 Å². The molecule has 5 atom stereocenters. The van der Waals surface area contributed by atoms with E-state index in [1.807, 2.05) is 23.6 Å². The number of thiophene rings is 1. The Morgan fingerprint density at radius 3 is 2.52 bits per heavy atom. The zero-order chi connectivity index (χ0) is 35.6. The van der Waals surface area contributed by atoms with E-state index in [2.05, 4.69) is 10.6 Å². The summed E-state index contributed by atoms with van der Waals surface area (Å²) >= 11 is 1.48. The van der Waals surface area contributed by atoms with Gasteiger partial charge in [-0.3, -0.25) is 9.59 Å². The molecule has 3 aliphatic rings. The summed E-state index contributed by atoms with van der Waals surface area (Å²) in [6, 6.07) is 7.19. The number of benzene rings is 1. The van der Waals surface area contributed by atoms with Gasteiger partial charge in [0.05, 0.1) is 29.6 Å². The van der Waals surface area contributed by atoms with Crippen LogP contribution in [-0.2, 0) is 19.1 Å². The maximum absolute atomic E-state index is 14.4. The van der Waals surface area contributed by atoms with Crippen molar-refractivity contribution in [1.29, 1.82) is 0 Å². The number of hydrogen-bond donors (Lipinski definition) is 3. The molecular formula is C36H45N5O8S. The Morgan fingerprint density at radius 2 is 1.82 bits per heavy atom. The Balaban J connectivity index is 1.33. The molecule has 1 saturated carbocycles. The lowest BCUT2D eigenvalue weighted by atomic mass is 10.0. The fourth-order valence-corrected chi connectivity index (χ4v) is 7.67. The monoisotopic (exact) mass is 707 g/mol. The SMILES string of the molecule is COc1ccc2nc(-c3cccs3)c(O[C@@H]3C[C@H]4C(=O)NC5(C(=O)O)CC5CCCCCCC[C@H](NC(=O)OC(C)(C)C)C(=O)N4C3)nc2c1. The van der Waals surface area contributed by atoms with Crippen LogP contribution in [0.4, 0.5) is 4.79 Å². The molecule has 3 fully saturated rings. The van der Waals surface area contributed by atoms with Gasteiger partial charge in [-0.25, -0.2) is 19.6 Å². The van der Waals surface area contributed by atoms with Gasteiger partial charge in [0.1, 0.15) is 40.8 Å². The van der Waals surface area contributed by atoms with Crippen LogP contribution >= 0.6 is 11.3 Å². The molecule has 4 heterocycles. The van der Waals surface area contributed by atoms with E-state index in [9.17, 15) is 24.3 Å². The second-order valence-electron chi connectivity index (χ2n) is 14.4. The highest BCUT2D eigenvalue weighted by Gasteiger charge is 2.62. The number of ether oxygens (including phenoxy) is 3. The van der Waals surface area contributed by atoms with Crippen LogP contribution < -0.4 is 20.1 Å². The minimum atomic E-state index is -1.37. The lowest BCUT2D eigenvalue weighted by molar-refractivity contribution is -0.146. The molecule has 268 valence electrons. The molecule has 2 aliphatic heterocycles. The van der Waals surface area contributed by atoms with Gasteiger partial charge < -0.3 is 34.9 Å². The van der Waals surface area contributed by atoms with Gasteiger partial charge in [-0.1, -0.05) is 38.2 Å². The number of nitrogens with one attached hydrogen (secondary N) is 2. The predicted molar refractivity (Wildman–Crippen MR) is 186 cm³/mol. The van der Waals surface area contributed by atoms with E-state index >= 15 is 0 Å². The third kappa shape index (κ3) is 7.79. The highest BCUT2D eigenvalue weighted by atomic mass is 32.1. The molecule has 1 aromatic carbocycles. The predicted octanol–water partition coefficient (Wildman–Crippen LogP) is 5.31. The summed E-state index contributed by atoms with van der Waals surface area (Å²) < 4.78 is 17.4. The molecule has 3 N–H and O–H groups in total. The summed E-state index contributed by atoms with van der Waals surface area (Å²) in [4.78, 5) is 65.8. The summed E-state index contributed by atoms with van der Waals surface area (Å²) in [5, 5.41) is 17.7. The van der Waals surface area contributed by atoms with E-state index in [1.165, 1.54) is 16.2 Å². The maximum Gasteiger partial charge on any atom is 0.408 e. The van der Waals surface area contributed by atoms with Crippen LogP contribution in [0.1, 0.15) is 78.6 Å². The fourth-order valence-electron chi connectivity index (χ4n) is 6.96. The van der Waals surface area contributed by atoms with Crippen molar-refractivity contribution in [2.24, 2.45) is 5.92 Å². The first-order valence-corrected chi connectivity index (χ1v) is 18.2. The lowest BCUT2D eigenvalue weighted by Gasteiger charge is -2.30. The molecule has 2 unspecified atom stereocenters. The first-order chi connectivity index (χ1) is 23.9. The Hall–Kier alpha value is -4.46. The van der Waals surface area contributed by atoms with E-state index in [4.69, 9.17) is 24.2 Å². The number of hydrogen-bond acceptors (Lipinski definition) is 10. The number of rotatable bonds is 6. The van der Waals surface area contributed by atoms with E-state index in [0.29, 0.717) is 48.2 Å². The van der Waals surface area contributed by atoms with Crippen molar-refractivity contribution >= 4 is 46.2 Å². The number of alkyl carbamates (subject to hydrolysis) is 1. The summed E-state index contributed by atoms with van der Waals surface area (Å²) in [6.45, 7) is 5.24. The van der Waals surface area contributed by atoms with Crippen molar-refractivity contribution in [3.8, 4) is 22.2 Å². The van der Waals surface area contributed by atoms with Crippen LogP contribution in [-0.4, -0.2) is 86.8 Å². The number of fused-ring (bicyclic) bond motifs is 3. The molecule has 0 spiro atoms. The number of nitrogens with zero attached hydrogens (tertiary/aromatic N) is 3. The minimum absolute atomic E-state index is 0.00856. The van der Waals surface area contributed by atoms with Crippen molar-refractivity contribution in [3.63, 3.8) is 0 Å². The molecule has 2 aromatic heterocycles. The van der Waals surface area contributed by atoms with Gasteiger partial charge in [0.2, 0.25) is 17.7 Å². The Bertz CT molecular complexity index is 1740. The van der Waals surface area contributed by atoms with E-state index in [-0.39, 0.29) is 24.8 Å². The number of aromatic nitrogens is 2. The zero-order valence-corrected chi connectivity index (χ0v) is 29.7. The summed E-state index contributed by atoms with van der Waals surface area (Å²) in [7, 11) is 1.57. The normalized spacial score (nSPS) is 26.1. The van der Waals surface area contributed by atoms with Crippen LogP contribution in [0, 0.1) is 5.92 Å². The summed E-state index contributed by atoms with van der Waals surface area (Å²) in [5.74, 6) is -1.43. The highest BCUT2D eigenvalue weighted by molar-refractivity contribution is 7.13. The Kier molecular flexibility index (Phi) is 10.2. The molecule has 6 rings (SSSR count). The second-order valence-corrected chi connectivity index (χ2v) is 15.3. The maximum atomic E-state index is 14.4. The number of carbonyl (C=O) groups is 4. The molecule has 3 aromatic rings. The molecule has 50 heavy (non-hydrogen) atoms. The average Bonchev–Trinajstić information content (AvgIpc) is 3.37. The van der Waals surface area contributed by atoms with Crippen LogP contribution in [0.25, 0.3) is 21.6 Å². The lowest BCUT2D eigenvalue weighted by Crippen LogP contribution is -2.56. The first kappa shape index (κ1) is 35.4. The third-order valence-electron chi connectivity index (χ3n) is 9.59. The quantitative estimate of drug-likeness (QED) is 0.305. The van der Waals surface area contributed by atoms with Gasteiger partial charge in [0, 0.05) is 12.5 Å². The molecule has 14 heteroatoms. The molecular weight excluding hydrogens is 662 g/mol. The largest absolute Gasteiger partial charge is 0.497 e.